The first-order chi connectivity index (χ1) is 11.1. The summed E-state index contributed by atoms with van der Waals surface area (Å²) in [4.78, 5) is 12.7. The number of ketones is 1. The number of halogens is 1. The average molecular weight is 329 g/mol. The van der Waals surface area contributed by atoms with Gasteiger partial charge in [0.15, 0.2) is 5.78 Å². The Morgan fingerprint density at radius 3 is 2.65 bits per heavy atom. The number of aromatic amines is 1. The highest BCUT2D eigenvalue weighted by Crippen LogP contribution is 2.33. The summed E-state index contributed by atoms with van der Waals surface area (Å²) in [5.41, 5.74) is 1.69. The molecule has 0 amide bonds. The third kappa shape index (κ3) is 2.91. The van der Waals surface area contributed by atoms with Gasteiger partial charge in [-0.2, -0.15) is 5.10 Å². The van der Waals surface area contributed by atoms with E-state index in [9.17, 15) is 9.90 Å². The van der Waals surface area contributed by atoms with Gasteiger partial charge in [-0.15, -0.1) is 0 Å². The second-order valence-corrected chi connectivity index (χ2v) is 5.31. The Hall–Kier alpha value is -2.79. The molecule has 0 aliphatic heterocycles. The molecule has 0 atom stereocenters. The van der Waals surface area contributed by atoms with Gasteiger partial charge in [-0.3, -0.25) is 9.89 Å². The van der Waals surface area contributed by atoms with Crippen molar-refractivity contribution in [3.8, 4) is 22.8 Å². The maximum absolute atomic E-state index is 12.7. The largest absolute Gasteiger partial charge is 0.507 e. The van der Waals surface area contributed by atoms with Gasteiger partial charge in [0, 0.05) is 16.1 Å². The molecule has 2 aromatic carbocycles. The van der Waals surface area contributed by atoms with E-state index in [-0.39, 0.29) is 11.5 Å². The van der Waals surface area contributed by atoms with E-state index >= 15 is 0 Å². The number of nitrogens with zero attached hydrogens (tertiary/aromatic N) is 1. The van der Waals surface area contributed by atoms with Gasteiger partial charge >= 0.3 is 0 Å². The van der Waals surface area contributed by atoms with E-state index in [2.05, 4.69) is 10.2 Å². The van der Waals surface area contributed by atoms with Crippen LogP contribution in [-0.2, 0) is 0 Å². The highest BCUT2D eigenvalue weighted by molar-refractivity contribution is 6.31. The number of H-pyrrole nitrogens is 1. The quantitative estimate of drug-likeness (QED) is 0.716. The number of carbonyl (C=O) groups excluding carboxylic acids is 1. The molecule has 116 valence electrons. The van der Waals surface area contributed by atoms with Crippen molar-refractivity contribution in [1.29, 1.82) is 0 Å². The first-order valence-electron chi connectivity index (χ1n) is 6.81. The van der Waals surface area contributed by atoms with Crippen LogP contribution < -0.4 is 4.74 Å². The van der Waals surface area contributed by atoms with Crippen molar-refractivity contribution in [1.82, 2.24) is 10.2 Å². The molecule has 1 aromatic heterocycles. The number of carbonyl (C=O) groups is 1. The van der Waals surface area contributed by atoms with Gasteiger partial charge in [-0.25, -0.2) is 0 Å². The molecule has 23 heavy (non-hydrogen) atoms. The van der Waals surface area contributed by atoms with Crippen molar-refractivity contribution in [3.05, 3.63) is 64.8 Å². The molecule has 0 unspecified atom stereocenters. The summed E-state index contributed by atoms with van der Waals surface area (Å²) in [7, 11) is 1.56. The molecular weight excluding hydrogens is 316 g/mol. The standard InChI is InChI=1S/C17H13ClN2O3/c1-23-12-5-2-10(3-6-12)17(22)14-9-19-20-16(14)13-8-11(18)4-7-15(13)21/h2-9,21H,1H3,(H,19,20). The molecule has 6 heteroatoms. The number of aromatic hydroxyl groups is 1. The first kappa shape index (κ1) is 15.1. The van der Waals surface area contributed by atoms with Gasteiger partial charge in [0.2, 0.25) is 0 Å². The summed E-state index contributed by atoms with van der Waals surface area (Å²) in [5.74, 6) is 0.472. The van der Waals surface area contributed by atoms with E-state index in [1.165, 1.54) is 12.3 Å². The minimum absolute atomic E-state index is 0.0161. The molecule has 0 aliphatic carbocycles. The third-order valence-corrected chi connectivity index (χ3v) is 3.70. The molecule has 5 nitrogen and oxygen atoms in total. The maximum atomic E-state index is 12.7. The number of phenols is 1. The predicted molar refractivity (Wildman–Crippen MR) is 87.1 cm³/mol. The van der Waals surface area contributed by atoms with Crippen molar-refractivity contribution in [2.75, 3.05) is 7.11 Å². The zero-order chi connectivity index (χ0) is 16.4. The second kappa shape index (κ2) is 6.14. The first-order valence-corrected chi connectivity index (χ1v) is 7.19. The smallest absolute Gasteiger partial charge is 0.196 e. The normalized spacial score (nSPS) is 10.5. The summed E-state index contributed by atoms with van der Waals surface area (Å²) in [6, 6.07) is 11.4. The highest BCUT2D eigenvalue weighted by atomic mass is 35.5. The van der Waals surface area contributed by atoms with Crippen molar-refractivity contribution in [2.24, 2.45) is 0 Å². The van der Waals surface area contributed by atoms with Crippen LogP contribution in [0.3, 0.4) is 0 Å². The van der Waals surface area contributed by atoms with Gasteiger partial charge in [0.05, 0.1) is 24.6 Å². The van der Waals surface area contributed by atoms with Gasteiger partial charge in [0.25, 0.3) is 0 Å². The molecule has 0 fully saturated rings. The van der Waals surface area contributed by atoms with Crippen LogP contribution >= 0.6 is 11.6 Å². The minimum Gasteiger partial charge on any atom is -0.507 e. The molecule has 1 heterocycles. The van der Waals surface area contributed by atoms with E-state index in [1.54, 1.807) is 43.5 Å². The molecular formula is C17H13ClN2O3. The highest BCUT2D eigenvalue weighted by Gasteiger charge is 2.19. The SMILES string of the molecule is COc1ccc(C(=O)c2cn[nH]c2-c2cc(Cl)ccc2O)cc1. The summed E-state index contributed by atoms with van der Waals surface area (Å²) < 4.78 is 5.08. The van der Waals surface area contributed by atoms with E-state index in [0.29, 0.717) is 33.2 Å². The minimum atomic E-state index is -0.212. The van der Waals surface area contributed by atoms with Gasteiger partial charge in [-0.1, -0.05) is 11.6 Å². The average Bonchev–Trinajstić information content (AvgIpc) is 3.06. The summed E-state index contributed by atoms with van der Waals surface area (Å²) in [6.45, 7) is 0. The zero-order valence-corrected chi connectivity index (χ0v) is 13.0. The van der Waals surface area contributed by atoms with Gasteiger partial charge in [-0.05, 0) is 42.5 Å². The third-order valence-electron chi connectivity index (χ3n) is 3.46. The number of hydrogen-bond donors (Lipinski definition) is 2. The fraction of sp³-hybridized carbons (Fsp3) is 0.0588. The van der Waals surface area contributed by atoms with E-state index < -0.39 is 0 Å². The van der Waals surface area contributed by atoms with Crippen LogP contribution in [0, 0.1) is 0 Å². The zero-order valence-electron chi connectivity index (χ0n) is 12.2. The Morgan fingerprint density at radius 1 is 1.22 bits per heavy atom. The Balaban J connectivity index is 2.03. The van der Waals surface area contributed by atoms with Crippen LogP contribution in [0.5, 0.6) is 11.5 Å². The van der Waals surface area contributed by atoms with Crippen LogP contribution in [0.1, 0.15) is 15.9 Å². The van der Waals surface area contributed by atoms with E-state index in [0.717, 1.165) is 0 Å². The maximum Gasteiger partial charge on any atom is 0.196 e. The van der Waals surface area contributed by atoms with Crippen molar-refractivity contribution in [2.45, 2.75) is 0 Å². The number of methoxy groups -OCH3 is 1. The van der Waals surface area contributed by atoms with Crippen LogP contribution in [0.2, 0.25) is 5.02 Å². The molecule has 0 saturated heterocycles. The number of phenolic OH excluding ortho intramolecular Hbond substituents is 1. The van der Waals surface area contributed by atoms with Crippen molar-refractivity contribution >= 4 is 17.4 Å². The number of aromatic nitrogens is 2. The topological polar surface area (TPSA) is 75.2 Å². The fourth-order valence-electron chi connectivity index (χ4n) is 2.27. The molecule has 2 N–H and O–H groups in total. The monoisotopic (exact) mass is 328 g/mol. The number of rotatable bonds is 4. The molecule has 3 rings (SSSR count). The molecule has 0 aliphatic rings. The van der Waals surface area contributed by atoms with Crippen molar-refractivity contribution < 1.29 is 14.6 Å². The molecule has 0 radical (unpaired) electrons. The summed E-state index contributed by atoms with van der Waals surface area (Å²) >= 11 is 5.97. The lowest BCUT2D eigenvalue weighted by molar-refractivity contribution is 0.103. The number of ether oxygens (including phenoxy) is 1. The number of nitrogens with one attached hydrogen (secondary N) is 1. The summed E-state index contributed by atoms with van der Waals surface area (Å²) in [5, 5.41) is 17.1. The molecule has 0 saturated carbocycles. The van der Waals surface area contributed by atoms with Crippen LogP contribution in [0.4, 0.5) is 0 Å². The molecule has 0 spiro atoms. The number of hydrogen-bond acceptors (Lipinski definition) is 4. The Bertz CT molecular complexity index is 857. The Morgan fingerprint density at radius 2 is 1.96 bits per heavy atom. The fourth-order valence-corrected chi connectivity index (χ4v) is 2.44. The van der Waals surface area contributed by atoms with Crippen LogP contribution in [0.15, 0.2) is 48.7 Å². The lowest BCUT2D eigenvalue weighted by Gasteiger charge is -2.06. The Labute approximate surface area is 137 Å². The summed E-state index contributed by atoms with van der Waals surface area (Å²) in [6.07, 6.45) is 1.43. The van der Waals surface area contributed by atoms with Crippen LogP contribution in [-0.4, -0.2) is 28.2 Å². The van der Waals surface area contributed by atoms with Gasteiger partial charge < -0.3 is 9.84 Å². The molecule has 3 aromatic rings. The lowest BCUT2D eigenvalue weighted by Crippen LogP contribution is -2.02. The van der Waals surface area contributed by atoms with E-state index in [1.807, 2.05) is 0 Å². The lowest BCUT2D eigenvalue weighted by atomic mass is 10.00. The predicted octanol–water partition coefficient (Wildman–Crippen LogP) is 3.68. The molecule has 0 bridgehead atoms. The van der Waals surface area contributed by atoms with Gasteiger partial charge in [0.1, 0.15) is 11.5 Å². The van der Waals surface area contributed by atoms with Crippen molar-refractivity contribution in [3.63, 3.8) is 0 Å². The van der Waals surface area contributed by atoms with Crippen LogP contribution in [0.25, 0.3) is 11.3 Å². The second-order valence-electron chi connectivity index (χ2n) is 4.88. The van der Waals surface area contributed by atoms with E-state index in [4.69, 9.17) is 16.3 Å². The number of benzene rings is 2. The Kier molecular flexibility index (Phi) is 4.04.